The van der Waals surface area contributed by atoms with E-state index in [2.05, 4.69) is 20.3 Å². The van der Waals surface area contributed by atoms with Crippen LogP contribution in [0.4, 0.5) is 4.39 Å². The van der Waals surface area contributed by atoms with Gasteiger partial charge in [-0.1, -0.05) is 6.07 Å². The second kappa shape index (κ2) is 10.5. The van der Waals surface area contributed by atoms with Crippen LogP contribution in [0, 0.1) is 5.82 Å². The Morgan fingerprint density at radius 3 is 2.62 bits per heavy atom. The van der Waals surface area contributed by atoms with E-state index < -0.39 is 10.0 Å². The van der Waals surface area contributed by atoms with Crippen molar-refractivity contribution in [1.29, 1.82) is 0 Å². The van der Waals surface area contributed by atoms with Crippen LogP contribution in [0.3, 0.4) is 0 Å². The van der Waals surface area contributed by atoms with Gasteiger partial charge in [0, 0.05) is 25.4 Å². The molecule has 0 aliphatic rings. The van der Waals surface area contributed by atoms with Gasteiger partial charge in [-0.05, 0) is 36.4 Å². The number of nitrogens with one attached hydrogen (secondary N) is 3. The number of guanidine groups is 1. The highest BCUT2D eigenvalue weighted by molar-refractivity contribution is 7.97. The quantitative estimate of drug-likeness (QED) is 0.344. The molecule has 6 nitrogen and oxygen atoms in total. The van der Waals surface area contributed by atoms with Crippen LogP contribution in [0.1, 0.15) is 18.1 Å². The Kier molecular flexibility index (Phi) is 9.09. The van der Waals surface area contributed by atoms with Crippen LogP contribution in [0.2, 0.25) is 0 Å². The van der Waals surface area contributed by atoms with Gasteiger partial charge in [0.05, 0.1) is 12.8 Å². The minimum Gasteiger partial charge on any atom is -0.357 e. The van der Waals surface area contributed by atoms with E-state index in [0.717, 1.165) is 23.1 Å². The minimum atomic E-state index is -3.19. The number of sulfonamides is 1. The fraction of sp³-hybridized carbons (Fsp3) is 0.533. The van der Waals surface area contributed by atoms with Crippen molar-refractivity contribution in [3.63, 3.8) is 0 Å². The molecule has 0 fully saturated rings. The fourth-order valence-electron chi connectivity index (χ4n) is 1.96. The first-order valence-corrected chi connectivity index (χ1v) is 10.9. The summed E-state index contributed by atoms with van der Waals surface area (Å²) in [6, 6.07) is 4.72. The van der Waals surface area contributed by atoms with Crippen LogP contribution >= 0.6 is 11.8 Å². The highest BCUT2D eigenvalue weighted by Gasteiger charge is 2.05. The van der Waals surface area contributed by atoms with Crippen molar-refractivity contribution in [3.8, 4) is 0 Å². The number of nitrogens with zero attached hydrogens (tertiary/aromatic N) is 1. The van der Waals surface area contributed by atoms with Crippen molar-refractivity contribution in [3.05, 3.63) is 35.1 Å². The zero-order valence-corrected chi connectivity index (χ0v) is 15.9. The summed E-state index contributed by atoms with van der Waals surface area (Å²) in [6.45, 7) is 3.75. The Morgan fingerprint density at radius 1 is 1.25 bits per heavy atom. The zero-order chi connectivity index (χ0) is 18.0. The number of hydrogen-bond donors (Lipinski definition) is 3. The predicted molar refractivity (Wildman–Crippen MR) is 99.3 cm³/mol. The lowest BCUT2D eigenvalue weighted by molar-refractivity contribution is 0.586. The molecule has 3 N–H and O–H groups in total. The van der Waals surface area contributed by atoms with E-state index in [0.29, 0.717) is 25.6 Å². The van der Waals surface area contributed by atoms with E-state index >= 15 is 0 Å². The molecule has 9 heteroatoms. The van der Waals surface area contributed by atoms with E-state index in [1.165, 1.54) is 12.1 Å². The molecule has 0 unspecified atom stereocenters. The normalized spacial score (nSPS) is 12.2. The van der Waals surface area contributed by atoms with Gasteiger partial charge >= 0.3 is 0 Å². The third-order valence-electron chi connectivity index (χ3n) is 3.00. The summed E-state index contributed by atoms with van der Waals surface area (Å²) in [5, 5.41) is 6.15. The molecule has 1 rings (SSSR count). The number of rotatable bonds is 9. The number of aliphatic imine (C=N–C) groups is 1. The first-order chi connectivity index (χ1) is 11.4. The van der Waals surface area contributed by atoms with Crippen molar-refractivity contribution < 1.29 is 12.8 Å². The van der Waals surface area contributed by atoms with Crippen LogP contribution in [0.5, 0.6) is 0 Å². The van der Waals surface area contributed by atoms with Gasteiger partial charge in [0.2, 0.25) is 10.0 Å². The van der Waals surface area contributed by atoms with Crippen LogP contribution in [0.25, 0.3) is 0 Å². The third kappa shape index (κ3) is 8.51. The van der Waals surface area contributed by atoms with E-state index in [1.54, 1.807) is 17.8 Å². The average Bonchev–Trinajstić information content (AvgIpc) is 2.50. The van der Waals surface area contributed by atoms with Gasteiger partial charge in [0.25, 0.3) is 0 Å². The average molecular weight is 377 g/mol. The van der Waals surface area contributed by atoms with Gasteiger partial charge in [-0.3, -0.25) is 0 Å². The summed E-state index contributed by atoms with van der Waals surface area (Å²) >= 11 is 1.63. The van der Waals surface area contributed by atoms with Crippen molar-refractivity contribution in [2.45, 2.75) is 19.2 Å². The van der Waals surface area contributed by atoms with Crippen molar-refractivity contribution in [2.24, 2.45) is 4.99 Å². The van der Waals surface area contributed by atoms with Gasteiger partial charge < -0.3 is 10.6 Å². The summed E-state index contributed by atoms with van der Waals surface area (Å²) in [5.41, 5.74) is 1.90. The van der Waals surface area contributed by atoms with Gasteiger partial charge in [0.15, 0.2) is 5.96 Å². The molecule has 0 spiro atoms. The number of halogens is 1. The monoisotopic (exact) mass is 376 g/mol. The molecule has 0 bridgehead atoms. The smallest absolute Gasteiger partial charge is 0.208 e. The molecule has 0 radical (unpaired) electrons. The summed E-state index contributed by atoms with van der Waals surface area (Å²) in [7, 11) is -3.19. The Morgan fingerprint density at radius 2 is 2.00 bits per heavy atom. The van der Waals surface area contributed by atoms with Gasteiger partial charge in [0.1, 0.15) is 5.82 Å². The molecule has 136 valence electrons. The van der Waals surface area contributed by atoms with E-state index in [-0.39, 0.29) is 12.4 Å². The maximum Gasteiger partial charge on any atom is 0.208 e. The number of hydrogen-bond acceptors (Lipinski definition) is 4. The van der Waals surface area contributed by atoms with Crippen molar-refractivity contribution >= 4 is 27.7 Å². The van der Waals surface area contributed by atoms with Crippen LogP contribution in [-0.4, -0.2) is 46.5 Å². The molecule has 0 atom stereocenters. The molecule has 0 saturated heterocycles. The molecule has 0 aliphatic carbocycles. The molecule has 0 heterocycles. The topological polar surface area (TPSA) is 82.6 Å². The van der Waals surface area contributed by atoms with Crippen LogP contribution in [0.15, 0.2) is 23.2 Å². The Balaban J connectivity index is 2.68. The fourth-order valence-corrected chi connectivity index (χ4v) is 3.01. The third-order valence-corrected chi connectivity index (χ3v) is 4.33. The molecule has 1 aromatic rings. The van der Waals surface area contributed by atoms with Crippen molar-refractivity contribution in [2.75, 3.05) is 32.1 Å². The standard InChI is InChI=1S/C15H25FN4O2S2/c1-4-17-15(18-7-8-20-24(3,21)22)19-10-12-5-6-14(16)9-13(12)11-23-2/h5-6,9,20H,4,7-8,10-11H2,1-3H3,(H2,17,18,19). The minimum absolute atomic E-state index is 0.247. The second-order valence-corrected chi connectivity index (χ2v) is 7.83. The highest BCUT2D eigenvalue weighted by Crippen LogP contribution is 2.17. The lowest BCUT2D eigenvalue weighted by Crippen LogP contribution is -2.41. The zero-order valence-electron chi connectivity index (χ0n) is 14.2. The summed E-state index contributed by atoms with van der Waals surface area (Å²) in [5.74, 6) is 1.07. The van der Waals surface area contributed by atoms with Gasteiger partial charge in [-0.2, -0.15) is 11.8 Å². The molecule has 0 aliphatic heterocycles. The Labute approximate surface area is 147 Å². The number of thioether (sulfide) groups is 1. The van der Waals surface area contributed by atoms with E-state index in [1.807, 2.05) is 13.2 Å². The Hall–Kier alpha value is -1.32. The summed E-state index contributed by atoms with van der Waals surface area (Å²) < 4.78 is 37.8. The molecule has 0 aromatic heterocycles. The Bertz CT molecular complexity index is 651. The second-order valence-electron chi connectivity index (χ2n) is 5.13. The molecule has 1 aromatic carbocycles. The highest BCUT2D eigenvalue weighted by atomic mass is 32.2. The summed E-state index contributed by atoms with van der Waals surface area (Å²) in [4.78, 5) is 4.48. The van der Waals surface area contributed by atoms with Crippen LogP contribution < -0.4 is 15.4 Å². The lowest BCUT2D eigenvalue weighted by Gasteiger charge is -2.12. The first kappa shape index (κ1) is 20.7. The maximum absolute atomic E-state index is 13.4. The first-order valence-electron chi connectivity index (χ1n) is 7.58. The number of benzene rings is 1. The largest absolute Gasteiger partial charge is 0.357 e. The maximum atomic E-state index is 13.4. The van der Waals surface area contributed by atoms with Gasteiger partial charge in [-0.15, -0.1) is 0 Å². The van der Waals surface area contributed by atoms with E-state index in [4.69, 9.17) is 0 Å². The predicted octanol–water partition coefficient (Wildman–Crippen LogP) is 1.29. The molecular weight excluding hydrogens is 351 g/mol. The molecular formula is C15H25FN4O2S2. The van der Waals surface area contributed by atoms with E-state index in [9.17, 15) is 12.8 Å². The molecule has 24 heavy (non-hydrogen) atoms. The molecule has 0 amide bonds. The van der Waals surface area contributed by atoms with Crippen molar-refractivity contribution in [1.82, 2.24) is 15.4 Å². The summed E-state index contributed by atoms with van der Waals surface area (Å²) in [6.07, 6.45) is 3.09. The van der Waals surface area contributed by atoms with Crippen LogP contribution in [-0.2, 0) is 22.3 Å². The SMILES string of the molecule is CCNC(=NCc1ccc(F)cc1CSC)NCCNS(C)(=O)=O. The lowest BCUT2D eigenvalue weighted by atomic mass is 10.1. The van der Waals surface area contributed by atoms with Gasteiger partial charge in [-0.25, -0.2) is 22.5 Å². The molecule has 0 saturated carbocycles.